The van der Waals surface area contributed by atoms with E-state index in [9.17, 15) is 18.3 Å². The number of carboxylic acids is 1. The van der Waals surface area contributed by atoms with Crippen LogP contribution in [-0.4, -0.2) is 32.6 Å². The Labute approximate surface area is 188 Å². The molecule has 32 heavy (non-hydrogen) atoms. The Hall–Kier alpha value is -3.06. The average molecular weight is 453 g/mol. The Morgan fingerprint density at radius 2 is 1.69 bits per heavy atom. The number of hydrogen-bond donors (Lipinski definition) is 2. The highest BCUT2D eigenvalue weighted by atomic mass is 32.2. The fourth-order valence-electron chi connectivity index (χ4n) is 4.54. The quantitative estimate of drug-likeness (QED) is 0.582. The maximum Gasteiger partial charge on any atom is 0.308 e. The van der Waals surface area contributed by atoms with Crippen LogP contribution in [0, 0.1) is 33.6 Å². The number of sulfonamides is 1. The van der Waals surface area contributed by atoms with Gasteiger partial charge in [-0.3, -0.25) is 9.52 Å². The molecule has 0 spiro atoms. The van der Waals surface area contributed by atoms with Crippen molar-refractivity contribution in [2.75, 3.05) is 22.7 Å². The van der Waals surface area contributed by atoms with Gasteiger partial charge in [-0.25, -0.2) is 8.42 Å². The van der Waals surface area contributed by atoms with Crippen molar-refractivity contribution in [3.63, 3.8) is 0 Å². The van der Waals surface area contributed by atoms with Gasteiger partial charge >= 0.3 is 5.97 Å². The first-order chi connectivity index (χ1) is 15.1. The molecular formula is C25H28N2O4S. The van der Waals surface area contributed by atoms with Crippen LogP contribution >= 0.6 is 0 Å². The lowest BCUT2D eigenvalue weighted by Gasteiger charge is -2.22. The summed E-state index contributed by atoms with van der Waals surface area (Å²) in [5.41, 5.74) is 4.66. The van der Waals surface area contributed by atoms with Crippen molar-refractivity contribution in [1.82, 2.24) is 0 Å². The van der Waals surface area contributed by atoms with Crippen LogP contribution in [0.15, 0.2) is 47.4 Å². The molecule has 1 fully saturated rings. The topological polar surface area (TPSA) is 86.7 Å². The first-order valence-electron chi connectivity index (χ1n) is 10.7. The zero-order valence-corrected chi connectivity index (χ0v) is 19.6. The summed E-state index contributed by atoms with van der Waals surface area (Å²) >= 11 is 0. The van der Waals surface area contributed by atoms with Gasteiger partial charge in [-0.05, 0) is 73.9 Å². The number of nitrogens with one attached hydrogen (secondary N) is 1. The number of aryl methyl sites for hydroxylation is 2. The van der Waals surface area contributed by atoms with E-state index in [-0.39, 0.29) is 0 Å². The van der Waals surface area contributed by atoms with E-state index in [0.29, 0.717) is 30.1 Å². The van der Waals surface area contributed by atoms with Crippen LogP contribution in [0.25, 0.3) is 10.8 Å². The van der Waals surface area contributed by atoms with Gasteiger partial charge in [-0.15, -0.1) is 0 Å². The van der Waals surface area contributed by atoms with Gasteiger partial charge in [0.05, 0.1) is 16.5 Å². The van der Waals surface area contributed by atoms with E-state index < -0.39 is 21.9 Å². The van der Waals surface area contributed by atoms with Gasteiger partial charge in [0, 0.05) is 24.2 Å². The van der Waals surface area contributed by atoms with Crippen molar-refractivity contribution in [3.8, 4) is 0 Å². The van der Waals surface area contributed by atoms with Gasteiger partial charge in [0.15, 0.2) is 0 Å². The summed E-state index contributed by atoms with van der Waals surface area (Å²) in [7, 11) is -3.84. The number of fused-ring (bicyclic) bond motifs is 1. The molecule has 0 saturated carbocycles. The Balaban J connectivity index is 1.81. The summed E-state index contributed by atoms with van der Waals surface area (Å²) in [5, 5.41) is 11.1. The zero-order valence-electron chi connectivity index (χ0n) is 18.8. The highest BCUT2D eigenvalue weighted by Gasteiger charge is 2.29. The van der Waals surface area contributed by atoms with Gasteiger partial charge in [-0.1, -0.05) is 30.3 Å². The highest BCUT2D eigenvalue weighted by Crippen LogP contribution is 2.35. The molecule has 1 aliphatic heterocycles. The van der Waals surface area contributed by atoms with Gasteiger partial charge in [0.25, 0.3) is 10.0 Å². The molecule has 6 nitrogen and oxygen atoms in total. The van der Waals surface area contributed by atoms with Crippen LogP contribution in [0.1, 0.15) is 28.7 Å². The van der Waals surface area contributed by atoms with Gasteiger partial charge in [-0.2, -0.15) is 0 Å². The van der Waals surface area contributed by atoms with E-state index in [0.717, 1.165) is 38.7 Å². The van der Waals surface area contributed by atoms with Crippen LogP contribution < -0.4 is 9.62 Å². The van der Waals surface area contributed by atoms with E-state index in [1.54, 1.807) is 0 Å². The summed E-state index contributed by atoms with van der Waals surface area (Å²) < 4.78 is 30.0. The number of anilines is 2. The Bertz CT molecular complexity index is 1310. The molecule has 0 unspecified atom stereocenters. The number of rotatable bonds is 5. The minimum atomic E-state index is -3.84. The van der Waals surface area contributed by atoms with Crippen molar-refractivity contribution in [1.29, 1.82) is 0 Å². The van der Waals surface area contributed by atoms with E-state index in [4.69, 9.17) is 0 Å². The summed E-state index contributed by atoms with van der Waals surface area (Å²) in [6, 6.07) is 13.4. The number of carboxylic acid groups (broad SMARTS) is 1. The maximum absolute atomic E-state index is 13.6. The van der Waals surface area contributed by atoms with E-state index in [1.807, 2.05) is 75.1 Å². The Morgan fingerprint density at radius 1 is 1.03 bits per heavy atom. The summed E-state index contributed by atoms with van der Waals surface area (Å²) in [6.45, 7) is 8.54. The SMILES string of the molecule is Cc1cc(C)c(C)c(S(=O)(=O)Nc2cc(N3CC[C@H](C(=O)O)C3)cc3ccccc23)c1C. The first-order valence-corrected chi connectivity index (χ1v) is 12.2. The van der Waals surface area contributed by atoms with Crippen LogP contribution in [0.2, 0.25) is 0 Å². The van der Waals surface area contributed by atoms with Gasteiger partial charge in [0.1, 0.15) is 0 Å². The fraction of sp³-hybridized carbons (Fsp3) is 0.320. The predicted octanol–water partition coefficient (Wildman–Crippen LogP) is 4.79. The number of carbonyl (C=O) groups is 1. The van der Waals surface area contributed by atoms with E-state index >= 15 is 0 Å². The molecule has 168 valence electrons. The van der Waals surface area contributed by atoms with Crippen LogP contribution in [-0.2, 0) is 14.8 Å². The molecular weight excluding hydrogens is 424 g/mol. The lowest BCUT2D eigenvalue weighted by molar-refractivity contribution is -0.140. The number of benzene rings is 3. The summed E-state index contributed by atoms with van der Waals surface area (Å²) in [5.74, 6) is -1.21. The third kappa shape index (κ3) is 3.93. The third-order valence-electron chi connectivity index (χ3n) is 6.56. The second kappa shape index (κ2) is 8.13. The molecule has 3 aromatic rings. The van der Waals surface area contributed by atoms with Crippen molar-refractivity contribution in [2.24, 2.45) is 5.92 Å². The van der Waals surface area contributed by atoms with Crippen LogP contribution in [0.5, 0.6) is 0 Å². The molecule has 7 heteroatoms. The van der Waals surface area contributed by atoms with Crippen molar-refractivity contribution in [3.05, 3.63) is 64.7 Å². The normalized spacial score (nSPS) is 16.5. The zero-order chi connectivity index (χ0) is 23.2. The molecule has 0 amide bonds. The average Bonchev–Trinajstić information content (AvgIpc) is 3.23. The minimum absolute atomic E-state index is 0.316. The number of nitrogens with zero attached hydrogens (tertiary/aromatic N) is 1. The largest absolute Gasteiger partial charge is 0.481 e. The molecule has 1 atom stereocenters. The summed E-state index contributed by atoms with van der Waals surface area (Å²) in [4.78, 5) is 13.7. The highest BCUT2D eigenvalue weighted by molar-refractivity contribution is 7.92. The number of aliphatic carboxylic acids is 1. The van der Waals surface area contributed by atoms with Crippen molar-refractivity contribution >= 4 is 38.1 Å². The summed E-state index contributed by atoms with van der Waals surface area (Å²) in [6.07, 6.45) is 0.574. The second-order valence-electron chi connectivity index (χ2n) is 8.68. The molecule has 0 radical (unpaired) electrons. The smallest absolute Gasteiger partial charge is 0.308 e. The maximum atomic E-state index is 13.6. The molecule has 2 N–H and O–H groups in total. The minimum Gasteiger partial charge on any atom is -0.481 e. The van der Waals surface area contributed by atoms with Crippen molar-refractivity contribution in [2.45, 2.75) is 39.0 Å². The second-order valence-corrected chi connectivity index (χ2v) is 10.3. The Morgan fingerprint density at radius 3 is 2.31 bits per heavy atom. The molecule has 0 aromatic heterocycles. The molecule has 0 bridgehead atoms. The van der Waals surface area contributed by atoms with Gasteiger partial charge in [0.2, 0.25) is 0 Å². The predicted molar refractivity (Wildman–Crippen MR) is 128 cm³/mol. The standard InChI is InChI=1S/C25H28N2O4S/c1-15-11-16(2)18(4)24(17(15)3)32(30,31)26-23-13-21(12-19-7-5-6-8-22(19)23)27-10-9-20(14-27)25(28)29/h5-8,11-13,20,26H,9-10,14H2,1-4H3,(H,28,29)/t20-/m0/s1. The van der Waals surface area contributed by atoms with E-state index in [1.165, 1.54) is 0 Å². The monoisotopic (exact) mass is 452 g/mol. The molecule has 1 aliphatic rings. The number of hydrogen-bond acceptors (Lipinski definition) is 4. The Kier molecular flexibility index (Phi) is 5.63. The third-order valence-corrected chi connectivity index (χ3v) is 8.20. The molecule has 0 aliphatic carbocycles. The molecule has 1 heterocycles. The lowest BCUT2D eigenvalue weighted by atomic mass is 10.0. The van der Waals surface area contributed by atoms with Crippen LogP contribution in [0.3, 0.4) is 0 Å². The van der Waals surface area contributed by atoms with Crippen LogP contribution in [0.4, 0.5) is 11.4 Å². The lowest BCUT2D eigenvalue weighted by Crippen LogP contribution is -2.23. The molecule has 3 aromatic carbocycles. The first kappa shape index (κ1) is 22.1. The molecule has 1 saturated heterocycles. The van der Waals surface area contributed by atoms with Gasteiger partial charge < -0.3 is 10.0 Å². The van der Waals surface area contributed by atoms with E-state index in [2.05, 4.69) is 4.72 Å². The fourth-order valence-corrected chi connectivity index (χ4v) is 6.23. The van der Waals surface area contributed by atoms with Crippen molar-refractivity contribution < 1.29 is 18.3 Å². The molecule has 4 rings (SSSR count).